The first-order valence-electron chi connectivity index (χ1n) is 6.09. The van der Waals surface area contributed by atoms with E-state index in [1.165, 1.54) is 18.3 Å². The summed E-state index contributed by atoms with van der Waals surface area (Å²) in [6.45, 7) is 1.07. The van der Waals surface area contributed by atoms with Crippen molar-refractivity contribution in [2.75, 3.05) is 19.0 Å². The van der Waals surface area contributed by atoms with Gasteiger partial charge in [0, 0.05) is 18.9 Å². The lowest BCUT2D eigenvalue weighted by Crippen LogP contribution is -2.13. The largest absolute Gasteiger partial charge is 0.389 e. The molecular formula is C13H14F2N4OS. The first kappa shape index (κ1) is 15.3. The van der Waals surface area contributed by atoms with Crippen molar-refractivity contribution >= 4 is 28.6 Å². The zero-order chi connectivity index (χ0) is 15.4. The molecule has 0 aliphatic heterocycles. The zero-order valence-corrected chi connectivity index (χ0v) is 12.1. The van der Waals surface area contributed by atoms with Crippen LogP contribution in [0.5, 0.6) is 0 Å². The van der Waals surface area contributed by atoms with Crippen LogP contribution in [0, 0.1) is 11.6 Å². The molecule has 0 fully saturated rings. The maximum Gasteiger partial charge on any atom is 0.182 e. The van der Waals surface area contributed by atoms with E-state index in [4.69, 9.17) is 10.5 Å². The van der Waals surface area contributed by atoms with Gasteiger partial charge in [-0.2, -0.15) is 5.10 Å². The first-order chi connectivity index (χ1) is 10.0. The third kappa shape index (κ3) is 3.53. The Balaban J connectivity index is 2.18. The highest BCUT2D eigenvalue weighted by Gasteiger charge is 2.15. The van der Waals surface area contributed by atoms with Gasteiger partial charge >= 0.3 is 0 Å². The number of nitrogens with zero attached hydrogens (tertiary/aromatic N) is 2. The van der Waals surface area contributed by atoms with Gasteiger partial charge in [0.15, 0.2) is 11.6 Å². The van der Waals surface area contributed by atoms with Crippen molar-refractivity contribution < 1.29 is 13.5 Å². The van der Waals surface area contributed by atoms with Gasteiger partial charge in [-0.3, -0.25) is 4.68 Å². The lowest BCUT2D eigenvalue weighted by molar-refractivity contribution is 0.183. The van der Waals surface area contributed by atoms with E-state index >= 15 is 0 Å². The maximum absolute atomic E-state index is 13.9. The van der Waals surface area contributed by atoms with E-state index in [2.05, 4.69) is 22.6 Å². The molecule has 5 nitrogen and oxygen atoms in total. The minimum atomic E-state index is -1.07. The predicted octanol–water partition coefficient (Wildman–Crippen LogP) is 2.19. The van der Waals surface area contributed by atoms with E-state index in [1.807, 2.05) is 0 Å². The van der Waals surface area contributed by atoms with Crippen LogP contribution in [-0.2, 0) is 11.3 Å². The molecule has 0 spiro atoms. The molecule has 0 aliphatic rings. The standard InChI is InChI=1S/C13H14F2N4OS/c1-20-5-4-19-7-8(6-17-19)18-10-3-2-9(13(16)21)11(14)12(10)15/h2-3,6-7,18H,4-5H2,1H3,(H2,16,21). The Morgan fingerprint density at radius 3 is 2.86 bits per heavy atom. The molecule has 2 aromatic rings. The number of anilines is 2. The second kappa shape index (κ2) is 6.59. The van der Waals surface area contributed by atoms with Gasteiger partial charge in [0.1, 0.15) is 4.99 Å². The highest BCUT2D eigenvalue weighted by atomic mass is 32.1. The fraction of sp³-hybridized carbons (Fsp3) is 0.231. The second-order valence-electron chi connectivity index (χ2n) is 4.26. The molecular weight excluding hydrogens is 298 g/mol. The highest BCUT2D eigenvalue weighted by Crippen LogP contribution is 2.24. The molecule has 0 amide bonds. The fourth-order valence-electron chi connectivity index (χ4n) is 1.73. The van der Waals surface area contributed by atoms with Crippen LogP contribution in [0.1, 0.15) is 5.56 Å². The van der Waals surface area contributed by atoms with Gasteiger partial charge in [-0.05, 0) is 12.1 Å². The number of aromatic nitrogens is 2. The minimum absolute atomic E-state index is 0.0150. The molecule has 0 aliphatic carbocycles. The lowest BCUT2D eigenvalue weighted by atomic mass is 10.1. The maximum atomic E-state index is 13.9. The zero-order valence-electron chi connectivity index (χ0n) is 11.3. The molecule has 3 N–H and O–H groups in total. The Bertz CT molecular complexity index is 660. The first-order valence-corrected chi connectivity index (χ1v) is 6.50. The van der Waals surface area contributed by atoms with E-state index in [1.54, 1.807) is 18.0 Å². The van der Waals surface area contributed by atoms with Crippen LogP contribution in [0.25, 0.3) is 0 Å². The number of thiocarbonyl (C=S) groups is 1. The summed E-state index contributed by atoms with van der Waals surface area (Å²) in [4.78, 5) is -0.190. The Hall–Kier alpha value is -2.06. The van der Waals surface area contributed by atoms with Crippen LogP contribution in [0.2, 0.25) is 0 Å². The third-order valence-corrected chi connectivity index (χ3v) is 3.00. The fourth-order valence-corrected chi connectivity index (χ4v) is 1.88. The number of nitrogens with one attached hydrogen (secondary N) is 1. The molecule has 112 valence electrons. The molecule has 2 rings (SSSR count). The van der Waals surface area contributed by atoms with Crippen LogP contribution in [-0.4, -0.2) is 28.5 Å². The van der Waals surface area contributed by atoms with E-state index in [0.29, 0.717) is 18.8 Å². The van der Waals surface area contributed by atoms with Gasteiger partial charge in [-0.1, -0.05) is 12.2 Å². The molecule has 0 saturated heterocycles. The number of nitrogens with two attached hydrogens (primary N) is 1. The molecule has 1 heterocycles. The minimum Gasteiger partial charge on any atom is -0.389 e. The molecule has 0 unspecified atom stereocenters. The summed E-state index contributed by atoms with van der Waals surface area (Å²) in [5.41, 5.74) is 5.71. The Morgan fingerprint density at radius 2 is 2.19 bits per heavy atom. The number of halogens is 2. The van der Waals surface area contributed by atoms with Crippen molar-refractivity contribution in [1.29, 1.82) is 0 Å². The predicted molar refractivity (Wildman–Crippen MR) is 79.6 cm³/mol. The van der Waals surface area contributed by atoms with Crippen LogP contribution in [0.3, 0.4) is 0 Å². The van der Waals surface area contributed by atoms with Crippen molar-refractivity contribution in [3.05, 3.63) is 41.7 Å². The summed E-state index contributed by atoms with van der Waals surface area (Å²) in [6, 6.07) is 2.71. The van der Waals surface area contributed by atoms with E-state index in [-0.39, 0.29) is 16.2 Å². The summed E-state index contributed by atoms with van der Waals surface area (Å²) in [5, 5.41) is 6.82. The monoisotopic (exact) mass is 312 g/mol. The quantitative estimate of drug-likeness (QED) is 0.801. The molecule has 1 aromatic carbocycles. The summed E-state index contributed by atoms with van der Waals surface area (Å²) in [5.74, 6) is -2.11. The average Bonchev–Trinajstić information content (AvgIpc) is 2.89. The van der Waals surface area contributed by atoms with Crippen LogP contribution in [0.15, 0.2) is 24.5 Å². The second-order valence-corrected chi connectivity index (χ2v) is 4.70. The summed E-state index contributed by atoms with van der Waals surface area (Å²) >= 11 is 4.65. The Morgan fingerprint density at radius 1 is 1.43 bits per heavy atom. The van der Waals surface area contributed by atoms with Crippen molar-refractivity contribution in [2.24, 2.45) is 5.73 Å². The summed E-state index contributed by atoms with van der Waals surface area (Å²) in [6.07, 6.45) is 3.17. The van der Waals surface area contributed by atoms with Gasteiger partial charge in [-0.15, -0.1) is 0 Å². The molecule has 0 saturated carbocycles. The Labute approximate surface area is 125 Å². The number of methoxy groups -OCH3 is 1. The molecule has 8 heteroatoms. The van der Waals surface area contributed by atoms with Gasteiger partial charge < -0.3 is 15.8 Å². The Kier molecular flexibility index (Phi) is 4.81. The van der Waals surface area contributed by atoms with Gasteiger partial charge in [-0.25, -0.2) is 8.78 Å². The van der Waals surface area contributed by atoms with Crippen LogP contribution in [0.4, 0.5) is 20.2 Å². The smallest absolute Gasteiger partial charge is 0.182 e. The number of rotatable bonds is 6. The van der Waals surface area contributed by atoms with Gasteiger partial charge in [0.05, 0.1) is 30.7 Å². The SMILES string of the molecule is COCCn1cc(Nc2ccc(C(N)=S)c(F)c2F)cn1. The van der Waals surface area contributed by atoms with E-state index in [0.717, 1.165) is 0 Å². The van der Waals surface area contributed by atoms with Gasteiger partial charge in [0.25, 0.3) is 0 Å². The van der Waals surface area contributed by atoms with Crippen molar-refractivity contribution in [1.82, 2.24) is 9.78 Å². The van der Waals surface area contributed by atoms with Crippen molar-refractivity contribution in [2.45, 2.75) is 6.54 Å². The number of ether oxygens (including phenoxy) is 1. The third-order valence-electron chi connectivity index (χ3n) is 2.78. The van der Waals surface area contributed by atoms with Crippen LogP contribution >= 0.6 is 12.2 Å². The molecule has 0 radical (unpaired) electrons. The molecule has 21 heavy (non-hydrogen) atoms. The molecule has 0 atom stereocenters. The topological polar surface area (TPSA) is 65.1 Å². The molecule has 1 aromatic heterocycles. The normalized spacial score (nSPS) is 10.6. The number of hydrogen-bond acceptors (Lipinski definition) is 4. The van der Waals surface area contributed by atoms with E-state index in [9.17, 15) is 8.78 Å². The number of hydrogen-bond donors (Lipinski definition) is 2. The van der Waals surface area contributed by atoms with Crippen molar-refractivity contribution in [3.63, 3.8) is 0 Å². The summed E-state index contributed by atoms with van der Waals surface area (Å²) in [7, 11) is 1.59. The van der Waals surface area contributed by atoms with Crippen molar-refractivity contribution in [3.8, 4) is 0 Å². The average molecular weight is 312 g/mol. The van der Waals surface area contributed by atoms with Gasteiger partial charge in [0.2, 0.25) is 0 Å². The van der Waals surface area contributed by atoms with Crippen LogP contribution < -0.4 is 11.1 Å². The molecule has 0 bridgehead atoms. The summed E-state index contributed by atoms with van der Waals surface area (Å²) < 4.78 is 34.2. The number of benzene rings is 1. The lowest BCUT2D eigenvalue weighted by Gasteiger charge is -2.08. The highest BCUT2D eigenvalue weighted by molar-refractivity contribution is 7.80. The van der Waals surface area contributed by atoms with E-state index < -0.39 is 11.6 Å².